The molecule has 25 heavy (non-hydrogen) atoms. The zero-order chi connectivity index (χ0) is 18.8. The number of carbonyl (C=O) groups is 1. The van der Waals surface area contributed by atoms with Crippen LogP contribution in [0.2, 0.25) is 0 Å². The van der Waals surface area contributed by atoms with Crippen molar-refractivity contribution in [3.8, 4) is 0 Å². The molecule has 0 aliphatic heterocycles. The van der Waals surface area contributed by atoms with Gasteiger partial charge in [0.05, 0.1) is 12.2 Å². The first-order valence-corrected chi connectivity index (χ1v) is 10.8. The van der Waals surface area contributed by atoms with Gasteiger partial charge in [0.1, 0.15) is 0 Å². The topological polar surface area (TPSA) is 35.5 Å². The van der Waals surface area contributed by atoms with Crippen LogP contribution >= 0.6 is 0 Å². The van der Waals surface area contributed by atoms with Crippen LogP contribution in [0, 0.1) is 0 Å². The van der Waals surface area contributed by atoms with Gasteiger partial charge in [-0.2, -0.15) is 0 Å². The van der Waals surface area contributed by atoms with Crippen LogP contribution in [-0.2, 0) is 14.3 Å². The van der Waals surface area contributed by atoms with Crippen LogP contribution in [0.25, 0.3) is 0 Å². The number of hydrogen-bond donors (Lipinski definition) is 0. The predicted octanol–water partition coefficient (Wildman–Crippen LogP) is 6.82. The molecular formula is C22H44O3. The Kier molecular flexibility index (Phi) is 17.8. The van der Waals surface area contributed by atoms with Crippen molar-refractivity contribution in [1.29, 1.82) is 0 Å². The highest BCUT2D eigenvalue weighted by molar-refractivity contribution is 5.69. The van der Waals surface area contributed by atoms with Crippen molar-refractivity contribution >= 4 is 5.97 Å². The second kappa shape index (κ2) is 18.2. The smallest absolute Gasteiger partial charge is 0.306 e. The molecule has 0 saturated carbocycles. The van der Waals surface area contributed by atoms with Gasteiger partial charge < -0.3 is 9.47 Å². The van der Waals surface area contributed by atoms with E-state index in [-0.39, 0.29) is 12.1 Å². The Morgan fingerprint density at radius 1 is 0.600 bits per heavy atom. The normalized spacial score (nSPS) is 11.4. The molecule has 0 rings (SSSR count). The lowest BCUT2D eigenvalue weighted by atomic mass is 10.0. The van der Waals surface area contributed by atoms with E-state index in [2.05, 4.69) is 13.8 Å². The summed E-state index contributed by atoms with van der Waals surface area (Å²) in [6, 6.07) is 0. The Balaban J connectivity index is 3.08. The van der Waals surface area contributed by atoms with Crippen molar-refractivity contribution in [3.63, 3.8) is 0 Å². The third kappa shape index (κ3) is 21.4. The van der Waals surface area contributed by atoms with E-state index in [9.17, 15) is 4.79 Å². The summed E-state index contributed by atoms with van der Waals surface area (Å²) in [5.41, 5.74) is 0. The van der Waals surface area contributed by atoms with Gasteiger partial charge in [0.25, 0.3) is 0 Å². The van der Waals surface area contributed by atoms with E-state index in [1.54, 1.807) is 0 Å². The van der Waals surface area contributed by atoms with E-state index >= 15 is 0 Å². The van der Waals surface area contributed by atoms with E-state index in [1.807, 2.05) is 13.8 Å². The highest BCUT2D eigenvalue weighted by atomic mass is 16.5. The minimum Gasteiger partial charge on any atom is -0.463 e. The van der Waals surface area contributed by atoms with E-state index in [0.717, 1.165) is 19.4 Å². The molecule has 150 valence electrons. The summed E-state index contributed by atoms with van der Waals surface area (Å²) in [6.07, 6.45) is 17.9. The van der Waals surface area contributed by atoms with Crippen LogP contribution in [-0.4, -0.2) is 24.8 Å². The molecule has 0 N–H and O–H groups in total. The summed E-state index contributed by atoms with van der Waals surface area (Å²) in [5, 5.41) is 0. The van der Waals surface area contributed by atoms with E-state index in [0.29, 0.717) is 12.5 Å². The fraction of sp³-hybridized carbons (Fsp3) is 0.955. The van der Waals surface area contributed by atoms with Crippen LogP contribution in [0.3, 0.4) is 0 Å². The molecule has 0 fully saturated rings. The molecule has 0 bridgehead atoms. The Labute approximate surface area is 157 Å². The van der Waals surface area contributed by atoms with E-state index in [4.69, 9.17) is 9.47 Å². The summed E-state index contributed by atoms with van der Waals surface area (Å²) < 4.78 is 10.7. The average molecular weight is 357 g/mol. The zero-order valence-electron chi connectivity index (χ0n) is 17.5. The van der Waals surface area contributed by atoms with Crippen molar-refractivity contribution in [2.24, 2.45) is 0 Å². The minimum atomic E-state index is -0.0394. The van der Waals surface area contributed by atoms with Crippen molar-refractivity contribution in [3.05, 3.63) is 0 Å². The number of rotatable bonds is 18. The number of esters is 1. The predicted molar refractivity (Wildman–Crippen MR) is 107 cm³/mol. The van der Waals surface area contributed by atoms with E-state index < -0.39 is 0 Å². The van der Waals surface area contributed by atoms with Crippen molar-refractivity contribution in [1.82, 2.24) is 0 Å². The molecule has 0 aliphatic rings. The minimum absolute atomic E-state index is 0.0198. The Morgan fingerprint density at radius 2 is 1.00 bits per heavy atom. The van der Waals surface area contributed by atoms with Gasteiger partial charge in [-0.1, -0.05) is 70.6 Å². The van der Waals surface area contributed by atoms with Gasteiger partial charge in [0.2, 0.25) is 0 Å². The first-order chi connectivity index (χ1) is 12.0. The first-order valence-electron chi connectivity index (χ1n) is 10.8. The fourth-order valence-electron chi connectivity index (χ4n) is 2.96. The number of ether oxygens (including phenoxy) is 2. The third-order valence-corrected chi connectivity index (χ3v) is 4.34. The van der Waals surface area contributed by atoms with Crippen LogP contribution in [0.15, 0.2) is 0 Å². The average Bonchev–Trinajstić information content (AvgIpc) is 2.53. The van der Waals surface area contributed by atoms with Gasteiger partial charge in [-0.25, -0.2) is 0 Å². The Bertz CT molecular complexity index is 287. The molecule has 0 aromatic heterocycles. The summed E-state index contributed by atoms with van der Waals surface area (Å²) in [5.74, 6) is -0.0394. The summed E-state index contributed by atoms with van der Waals surface area (Å²) in [6.45, 7) is 8.94. The Morgan fingerprint density at radius 3 is 1.40 bits per heavy atom. The standard InChI is InChI=1S/C22H44O3/c1-20(2)24-19-17-15-13-11-9-7-5-6-8-10-12-14-16-18-22(23)25-21(3)4/h20-21H,5-19H2,1-4H3. The molecule has 0 unspecified atom stereocenters. The highest BCUT2D eigenvalue weighted by Crippen LogP contribution is 2.13. The SMILES string of the molecule is CC(C)OCCCCCCCCCCCCCCCC(=O)OC(C)C. The quantitative estimate of drug-likeness (QED) is 0.199. The van der Waals surface area contributed by atoms with Crippen LogP contribution < -0.4 is 0 Å². The Hall–Kier alpha value is -0.570. The molecule has 3 heteroatoms. The maximum absolute atomic E-state index is 11.4. The van der Waals surface area contributed by atoms with Crippen LogP contribution in [0.4, 0.5) is 0 Å². The van der Waals surface area contributed by atoms with Gasteiger partial charge >= 0.3 is 5.97 Å². The number of hydrogen-bond acceptors (Lipinski definition) is 3. The van der Waals surface area contributed by atoms with Crippen molar-refractivity contribution in [2.45, 2.75) is 130 Å². The second-order valence-corrected chi connectivity index (χ2v) is 7.80. The second-order valence-electron chi connectivity index (χ2n) is 7.80. The molecule has 0 radical (unpaired) electrons. The molecule has 0 heterocycles. The highest BCUT2D eigenvalue weighted by Gasteiger charge is 2.04. The van der Waals surface area contributed by atoms with Crippen LogP contribution in [0.5, 0.6) is 0 Å². The fourth-order valence-corrected chi connectivity index (χ4v) is 2.96. The molecule has 0 atom stereocenters. The maximum atomic E-state index is 11.4. The van der Waals surface area contributed by atoms with Crippen molar-refractivity contribution in [2.75, 3.05) is 6.61 Å². The number of carbonyl (C=O) groups excluding carboxylic acids is 1. The molecule has 0 amide bonds. The zero-order valence-corrected chi connectivity index (χ0v) is 17.5. The molecular weight excluding hydrogens is 312 g/mol. The van der Waals surface area contributed by atoms with E-state index in [1.165, 1.54) is 70.6 Å². The van der Waals surface area contributed by atoms with Gasteiger partial charge in [-0.3, -0.25) is 4.79 Å². The lowest BCUT2D eigenvalue weighted by Crippen LogP contribution is -2.10. The number of unbranched alkanes of at least 4 members (excludes halogenated alkanes) is 12. The van der Waals surface area contributed by atoms with Gasteiger partial charge in [0, 0.05) is 13.0 Å². The molecule has 3 nitrogen and oxygen atoms in total. The lowest BCUT2D eigenvalue weighted by molar-refractivity contribution is -0.147. The maximum Gasteiger partial charge on any atom is 0.306 e. The largest absolute Gasteiger partial charge is 0.463 e. The summed E-state index contributed by atoms with van der Waals surface area (Å²) in [7, 11) is 0. The van der Waals surface area contributed by atoms with Gasteiger partial charge in [-0.05, 0) is 40.5 Å². The first kappa shape index (κ1) is 24.4. The monoisotopic (exact) mass is 356 g/mol. The van der Waals surface area contributed by atoms with Crippen molar-refractivity contribution < 1.29 is 14.3 Å². The molecule has 0 aliphatic carbocycles. The molecule has 0 saturated heterocycles. The summed E-state index contributed by atoms with van der Waals surface area (Å²) in [4.78, 5) is 11.4. The van der Waals surface area contributed by atoms with Crippen LogP contribution in [0.1, 0.15) is 118 Å². The molecule has 0 aromatic rings. The molecule has 0 spiro atoms. The summed E-state index contributed by atoms with van der Waals surface area (Å²) >= 11 is 0. The lowest BCUT2D eigenvalue weighted by Gasteiger charge is -2.07. The molecule has 0 aromatic carbocycles. The van der Waals surface area contributed by atoms with Gasteiger partial charge in [-0.15, -0.1) is 0 Å². The van der Waals surface area contributed by atoms with Gasteiger partial charge in [0.15, 0.2) is 0 Å². The third-order valence-electron chi connectivity index (χ3n) is 4.34.